The fraction of sp³-hybridized carbons (Fsp3) is 0.500. The van der Waals surface area contributed by atoms with Gasteiger partial charge in [0.1, 0.15) is 0 Å². The van der Waals surface area contributed by atoms with E-state index in [0.29, 0.717) is 6.04 Å². The molecule has 5 rings (SSSR count). The van der Waals surface area contributed by atoms with Gasteiger partial charge in [-0.15, -0.1) is 0 Å². The molecule has 5 nitrogen and oxygen atoms in total. The molecule has 164 valence electrons. The number of nitrogens with zero attached hydrogens (tertiary/aromatic N) is 4. The highest BCUT2D eigenvalue weighted by atomic mass is 16.5. The van der Waals surface area contributed by atoms with E-state index in [1.165, 1.54) is 28.0 Å². The Balaban J connectivity index is 1.35. The van der Waals surface area contributed by atoms with Crippen LogP contribution in [0.2, 0.25) is 0 Å². The van der Waals surface area contributed by atoms with Gasteiger partial charge in [0, 0.05) is 74.9 Å². The molecule has 1 aromatic carbocycles. The SMILES string of the molecule is CC(C)N1CCN(c2cccc(-c3nccc4c3C=C(CN3CCOCC3)C4)c2)CC1. The van der Waals surface area contributed by atoms with Crippen LogP contribution in [-0.4, -0.2) is 79.9 Å². The molecule has 0 spiro atoms. The average molecular weight is 419 g/mol. The minimum Gasteiger partial charge on any atom is -0.379 e. The third-order valence-corrected chi connectivity index (χ3v) is 6.91. The van der Waals surface area contributed by atoms with Crippen LogP contribution in [0.25, 0.3) is 17.3 Å². The van der Waals surface area contributed by atoms with E-state index in [-0.39, 0.29) is 0 Å². The average Bonchev–Trinajstić information content (AvgIpc) is 3.22. The van der Waals surface area contributed by atoms with Crippen LogP contribution in [0.3, 0.4) is 0 Å². The van der Waals surface area contributed by atoms with E-state index in [4.69, 9.17) is 9.72 Å². The number of morpholine rings is 1. The number of benzene rings is 1. The first-order chi connectivity index (χ1) is 15.2. The Hall–Kier alpha value is -2.21. The van der Waals surface area contributed by atoms with Crippen molar-refractivity contribution in [2.45, 2.75) is 26.3 Å². The summed E-state index contributed by atoms with van der Waals surface area (Å²) < 4.78 is 5.50. The van der Waals surface area contributed by atoms with E-state index in [0.717, 1.165) is 71.1 Å². The number of rotatable bonds is 5. The number of hydrogen-bond acceptors (Lipinski definition) is 5. The van der Waals surface area contributed by atoms with Crippen molar-refractivity contribution >= 4 is 11.8 Å². The van der Waals surface area contributed by atoms with Gasteiger partial charge in [-0.2, -0.15) is 0 Å². The van der Waals surface area contributed by atoms with E-state index in [2.05, 4.69) is 65.0 Å². The topological polar surface area (TPSA) is 31.8 Å². The van der Waals surface area contributed by atoms with Crippen LogP contribution in [0, 0.1) is 0 Å². The highest BCUT2D eigenvalue weighted by molar-refractivity contribution is 5.79. The first-order valence-electron chi connectivity index (χ1n) is 11.7. The smallest absolute Gasteiger partial charge is 0.0777 e. The first kappa shape index (κ1) is 20.7. The summed E-state index contributed by atoms with van der Waals surface area (Å²) in [5.41, 5.74) is 7.88. The van der Waals surface area contributed by atoms with Gasteiger partial charge >= 0.3 is 0 Å². The fourth-order valence-corrected chi connectivity index (χ4v) is 5.05. The van der Waals surface area contributed by atoms with Gasteiger partial charge in [-0.05, 0) is 44.0 Å². The summed E-state index contributed by atoms with van der Waals surface area (Å²) in [5, 5.41) is 0. The highest BCUT2D eigenvalue weighted by Crippen LogP contribution is 2.34. The molecule has 0 amide bonds. The zero-order valence-electron chi connectivity index (χ0n) is 18.9. The lowest BCUT2D eigenvalue weighted by atomic mass is 10.0. The Labute approximate surface area is 186 Å². The van der Waals surface area contributed by atoms with Gasteiger partial charge in [-0.1, -0.05) is 23.8 Å². The van der Waals surface area contributed by atoms with Crippen LogP contribution in [0.1, 0.15) is 25.0 Å². The third kappa shape index (κ3) is 4.54. The molecular formula is C26H34N4O. The summed E-state index contributed by atoms with van der Waals surface area (Å²) in [6.07, 6.45) is 5.41. The van der Waals surface area contributed by atoms with Crippen molar-refractivity contribution in [3.8, 4) is 11.3 Å². The molecule has 3 heterocycles. The summed E-state index contributed by atoms with van der Waals surface area (Å²) in [5.74, 6) is 0. The molecule has 0 bridgehead atoms. The van der Waals surface area contributed by atoms with Gasteiger partial charge < -0.3 is 9.64 Å². The number of aromatic nitrogens is 1. The molecule has 0 N–H and O–H groups in total. The zero-order valence-corrected chi connectivity index (χ0v) is 18.9. The molecule has 2 fully saturated rings. The number of fused-ring (bicyclic) bond motifs is 1. The monoisotopic (exact) mass is 418 g/mol. The highest BCUT2D eigenvalue weighted by Gasteiger charge is 2.22. The van der Waals surface area contributed by atoms with Gasteiger partial charge in [0.2, 0.25) is 0 Å². The minimum absolute atomic E-state index is 0.628. The Kier molecular flexibility index (Phi) is 6.08. The quantitative estimate of drug-likeness (QED) is 0.741. The molecule has 0 saturated carbocycles. The zero-order chi connectivity index (χ0) is 21.2. The number of piperazine rings is 1. The van der Waals surface area contributed by atoms with E-state index >= 15 is 0 Å². The molecule has 31 heavy (non-hydrogen) atoms. The maximum atomic E-state index is 5.50. The van der Waals surface area contributed by atoms with Crippen LogP contribution in [-0.2, 0) is 11.2 Å². The van der Waals surface area contributed by atoms with Crippen molar-refractivity contribution in [2.75, 3.05) is 63.9 Å². The van der Waals surface area contributed by atoms with Crippen LogP contribution in [0.15, 0.2) is 42.1 Å². The van der Waals surface area contributed by atoms with E-state index in [9.17, 15) is 0 Å². The molecule has 1 aromatic heterocycles. The van der Waals surface area contributed by atoms with Crippen molar-refractivity contribution in [3.63, 3.8) is 0 Å². The second-order valence-electron chi connectivity index (χ2n) is 9.27. The molecular weight excluding hydrogens is 384 g/mol. The Morgan fingerprint density at radius 2 is 1.81 bits per heavy atom. The van der Waals surface area contributed by atoms with Crippen LogP contribution in [0.4, 0.5) is 5.69 Å². The molecule has 2 saturated heterocycles. The third-order valence-electron chi connectivity index (χ3n) is 6.91. The molecule has 3 aliphatic rings. The lowest BCUT2D eigenvalue weighted by Crippen LogP contribution is -2.48. The maximum absolute atomic E-state index is 5.50. The molecule has 2 aliphatic heterocycles. The second kappa shape index (κ2) is 9.11. The number of hydrogen-bond donors (Lipinski definition) is 0. The molecule has 2 aromatic rings. The molecule has 0 radical (unpaired) electrons. The van der Waals surface area contributed by atoms with Gasteiger partial charge in [-0.25, -0.2) is 0 Å². The van der Waals surface area contributed by atoms with E-state index < -0.39 is 0 Å². The van der Waals surface area contributed by atoms with Crippen LogP contribution in [0.5, 0.6) is 0 Å². The van der Waals surface area contributed by atoms with Crippen molar-refractivity contribution < 1.29 is 4.74 Å². The van der Waals surface area contributed by atoms with Gasteiger partial charge in [0.05, 0.1) is 18.9 Å². The molecule has 0 atom stereocenters. The fourth-order valence-electron chi connectivity index (χ4n) is 5.05. The van der Waals surface area contributed by atoms with Crippen LogP contribution < -0.4 is 4.90 Å². The molecule has 5 heteroatoms. The van der Waals surface area contributed by atoms with Crippen molar-refractivity contribution in [2.24, 2.45) is 0 Å². The number of ether oxygens (including phenoxy) is 1. The summed E-state index contributed by atoms with van der Waals surface area (Å²) >= 11 is 0. The minimum atomic E-state index is 0.628. The van der Waals surface area contributed by atoms with Gasteiger partial charge in [0.25, 0.3) is 0 Å². The molecule has 1 aliphatic carbocycles. The molecule has 0 unspecified atom stereocenters. The lowest BCUT2D eigenvalue weighted by Gasteiger charge is -2.38. The normalized spacial score (nSPS) is 20.2. The number of pyridine rings is 1. The Morgan fingerprint density at radius 1 is 1.00 bits per heavy atom. The Bertz CT molecular complexity index is 940. The first-order valence-corrected chi connectivity index (χ1v) is 11.7. The summed E-state index contributed by atoms with van der Waals surface area (Å²) in [4.78, 5) is 12.4. The van der Waals surface area contributed by atoms with E-state index in [1.54, 1.807) is 0 Å². The predicted octanol–water partition coefficient (Wildman–Crippen LogP) is 3.55. The predicted molar refractivity (Wildman–Crippen MR) is 128 cm³/mol. The van der Waals surface area contributed by atoms with Crippen molar-refractivity contribution in [1.29, 1.82) is 0 Å². The lowest BCUT2D eigenvalue weighted by molar-refractivity contribution is 0.0422. The van der Waals surface area contributed by atoms with E-state index in [1.807, 2.05) is 6.20 Å². The van der Waals surface area contributed by atoms with Gasteiger partial charge in [-0.3, -0.25) is 14.8 Å². The van der Waals surface area contributed by atoms with Crippen molar-refractivity contribution in [3.05, 3.63) is 53.2 Å². The standard InChI is InChI=1S/C26H34N4O/c1-20(2)29-8-10-30(11-9-29)24-5-3-4-23(18-24)26-25-17-21(16-22(25)6-7-27-26)19-28-12-14-31-15-13-28/h3-7,17-18,20H,8-16,19H2,1-2H3. The maximum Gasteiger partial charge on any atom is 0.0777 e. The van der Waals surface area contributed by atoms with Crippen molar-refractivity contribution in [1.82, 2.24) is 14.8 Å². The summed E-state index contributed by atoms with van der Waals surface area (Å²) in [6, 6.07) is 11.8. The summed E-state index contributed by atoms with van der Waals surface area (Å²) in [6.45, 7) is 13.8. The number of anilines is 1. The summed E-state index contributed by atoms with van der Waals surface area (Å²) in [7, 11) is 0. The second-order valence-corrected chi connectivity index (χ2v) is 9.27. The van der Waals surface area contributed by atoms with Crippen LogP contribution >= 0.6 is 0 Å². The largest absolute Gasteiger partial charge is 0.379 e. The Morgan fingerprint density at radius 3 is 2.58 bits per heavy atom. The van der Waals surface area contributed by atoms with Gasteiger partial charge in [0.15, 0.2) is 0 Å².